The van der Waals surface area contributed by atoms with E-state index in [2.05, 4.69) is 54.4 Å². The minimum absolute atomic E-state index is 0. The van der Waals surface area contributed by atoms with Crippen LogP contribution in [0.1, 0.15) is 257 Å². The zero-order valence-corrected chi connectivity index (χ0v) is 64.2. The third-order valence-corrected chi connectivity index (χ3v) is 21.0. The Kier molecular flexibility index (Phi) is 37.3. The maximum atomic E-state index is 14.3. The molecule has 5 aliphatic heterocycles. The number of piperidine rings is 4. The number of rotatable bonds is 34. The number of imide groups is 4. The molecular formula is C79H116ClF2N11O14. The number of aliphatic hydroxyl groups is 2. The van der Waals surface area contributed by atoms with Crippen molar-refractivity contribution in [1.29, 1.82) is 0 Å². The second kappa shape index (κ2) is 43.7. The predicted octanol–water partition coefficient (Wildman–Crippen LogP) is 9.56. The average molecular weight is 1520 g/mol. The molecule has 2 aliphatic carbocycles. The van der Waals surface area contributed by atoms with Crippen molar-refractivity contribution >= 4 is 66.0 Å². The van der Waals surface area contributed by atoms with E-state index in [1.807, 2.05) is 45.8 Å². The summed E-state index contributed by atoms with van der Waals surface area (Å²) in [5.41, 5.74) is 10.2. The number of nitrogens with two attached hydrogens (primary N) is 1. The van der Waals surface area contributed by atoms with Crippen LogP contribution in [0.2, 0.25) is 0 Å². The Hall–Kier alpha value is -8.18. The summed E-state index contributed by atoms with van der Waals surface area (Å²) in [5.74, 6) is 4.05. The fourth-order valence-corrected chi connectivity index (χ4v) is 12.7. The first-order valence-corrected chi connectivity index (χ1v) is 37.6. The van der Waals surface area contributed by atoms with Crippen molar-refractivity contribution in [3.05, 3.63) is 82.9 Å². The van der Waals surface area contributed by atoms with Crippen LogP contribution in [0.15, 0.2) is 54.5 Å². The summed E-state index contributed by atoms with van der Waals surface area (Å²) in [6, 6.07) is 9.19. The number of hydrogen-bond donors (Lipinski definition) is 9. The maximum Gasteiger partial charge on any atom is 0.246 e. The van der Waals surface area contributed by atoms with Gasteiger partial charge in [-0.05, 0) is 176 Å². The molecule has 7 aliphatic rings. The molecule has 6 atom stereocenters. The summed E-state index contributed by atoms with van der Waals surface area (Å²) in [4.78, 5) is 101. The number of hydrazine groups is 2. The number of unbranched alkanes of at least 4 members (excludes halogenated alkanes) is 9. The van der Waals surface area contributed by atoms with Gasteiger partial charge in [0.15, 0.2) is 23.1 Å². The highest BCUT2D eigenvalue weighted by Crippen LogP contribution is 2.39. The molecule has 12 N–H and O–H groups in total. The molecule has 2 saturated carbocycles. The van der Waals surface area contributed by atoms with Crippen LogP contribution in [-0.4, -0.2) is 115 Å². The highest BCUT2D eigenvalue weighted by Gasteiger charge is 2.41. The molecule has 28 heteroatoms. The van der Waals surface area contributed by atoms with Crippen LogP contribution in [0.5, 0.6) is 11.5 Å². The number of aryl methyl sites for hydroxylation is 1. The molecular weight excluding hydrogens is 1400 g/mol. The van der Waals surface area contributed by atoms with E-state index in [9.17, 15) is 62.1 Å². The summed E-state index contributed by atoms with van der Waals surface area (Å²) in [5, 5.41) is 42.7. The fourth-order valence-electron chi connectivity index (χ4n) is 12.7. The van der Waals surface area contributed by atoms with Gasteiger partial charge >= 0.3 is 0 Å². The van der Waals surface area contributed by atoms with Gasteiger partial charge in [0.05, 0.1) is 43.7 Å². The Morgan fingerprint density at radius 2 is 1.03 bits per heavy atom. The summed E-state index contributed by atoms with van der Waals surface area (Å²) >= 11 is 0. The van der Waals surface area contributed by atoms with E-state index in [-0.39, 0.29) is 88.6 Å². The molecule has 1 aromatic heterocycles. The van der Waals surface area contributed by atoms with E-state index in [0.717, 1.165) is 153 Å². The van der Waals surface area contributed by atoms with Gasteiger partial charge < -0.3 is 41.1 Å². The first-order chi connectivity index (χ1) is 50.0. The molecule has 2 aromatic carbocycles. The normalized spacial score (nSPS) is 22.7. The monoisotopic (exact) mass is 1520 g/mol. The highest BCUT2D eigenvalue weighted by molar-refractivity contribution is 6.03. The van der Waals surface area contributed by atoms with Crippen molar-refractivity contribution in [2.75, 3.05) is 19.8 Å². The third kappa shape index (κ3) is 29.1. The molecule has 0 spiro atoms. The number of ether oxygens (including phenoxy) is 2. The SMILES string of the molecule is C#CCCCC=O.C#CCCCCCC1(C)CCC(=O)NC1=O.CC1(N)CCC(=O)NC1=O.CC[C@@](O)(CN1NNC=C1CCCCCC1(C)CCC(=O)NC1=O)c1ccc(F)c(OCC2CC2)c1.CC[C@@](O)(Cn1nncc1CCCCCC1(C)CCC(=O)NC1=O)c1ccc(F)c(OCC2CC2)c1.Cl.O. The fraction of sp³-hybridized carbons (Fsp3) is 0.633. The molecule has 4 unspecified atom stereocenters. The highest BCUT2D eigenvalue weighted by atomic mass is 35.5. The van der Waals surface area contributed by atoms with Gasteiger partial charge in [0.1, 0.15) is 17.5 Å². The van der Waals surface area contributed by atoms with Crippen LogP contribution in [0.25, 0.3) is 0 Å². The Morgan fingerprint density at radius 1 is 0.607 bits per heavy atom. The van der Waals surface area contributed by atoms with E-state index >= 15 is 0 Å². The van der Waals surface area contributed by atoms with Crippen LogP contribution in [0.4, 0.5) is 8.78 Å². The van der Waals surface area contributed by atoms with Gasteiger partial charge in [0, 0.05) is 73.1 Å². The number of carbonyl (C=O) groups is 9. The zero-order chi connectivity index (χ0) is 76.9. The molecule has 10 rings (SSSR count). The van der Waals surface area contributed by atoms with Crippen molar-refractivity contribution in [3.8, 4) is 36.2 Å². The molecule has 6 heterocycles. The Morgan fingerprint density at radius 3 is 1.44 bits per heavy atom. The van der Waals surface area contributed by atoms with Gasteiger partial charge in [0.25, 0.3) is 0 Å². The molecule has 6 fully saturated rings. The van der Waals surface area contributed by atoms with Gasteiger partial charge in [0.2, 0.25) is 47.3 Å². The lowest BCUT2D eigenvalue weighted by Gasteiger charge is -2.34. The van der Waals surface area contributed by atoms with Crippen molar-refractivity contribution < 1.29 is 77.1 Å². The van der Waals surface area contributed by atoms with Crippen LogP contribution < -0.4 is 47.4 Å². The smallest absolute Gasteiger partial charge is 0.246 e. The minimum atomic E-state index is -1.24. The first kappa shape index (κ1) is 91.2. The molecule has 8 amide bonds. The zero-order valence-electron chi connectivity index (χ0n) is 63.4. The molecule has 25 nitrogen and oxygen atoms in total. The second-order valence-electron chi connectivity index (χ2n) is 30.2. The number of β-amino-alcohol motifs (C(OH)–C–C–N with tert-alkyl or cyclic N) is 1. The largest absolute Gasteiger partial charge is 0.490 e. The first-order valence-electron chi connectivity index (χ1n) is 37.6. The summed E-state index contributed by atoms with van der Waals surface area (Å²) in [6.45, 7) is 12.7. The van der Waals surface area contributed by atoms with Crippen molar-refractivity contribution in [3.63, 3.8) is 0 Å². The van der Waals surface area contributed by atoms with Crippen molar-refractivity contribution in [2.24, 2.45) is 33.8 Å². The van der Waals surface area contributed by atoms with Gasteiger partial charge in [-0.2, -0.15) is 0 Å². The van der Waals surface area contributed by atoms with Crippen LogP contribution in [0.3, 0.4) is 0 Å². The number of allylic oxidation sites excluding steroid dienone is 1. The van der Waals surface area contributed by atoms with Crippen LogP contribution in [0, 0.1) is 64.4 Å². The Labute approximate surface area is 635 Å². The van der Waals surface area contributed by atoms with Crippen molar-refractivity contribution in [2.45, 2.75) is 270 Å². The van der Waals surface area contributed by atoms with E-state index < -0.39 is 39.2 Å². The van der Waals surface area contributed by atoms with Gasteiger partial charge in [-0.3, -0.25) is 64.6 Å². The lowest BCUT2D eigenvalue weighted by Crippen LogP contribution is -2.57. The number of hydrogen-bond acceptors (Lipinski definition) is 19. The summed E-state index contributed by atoms with van der Waals surface area (Å²) < 4.78 is 41.7. The standard InChI is InChI=1S/C27H39FN4O4.C27H37FN4O4.C13H19NO2.C6H10N2O2.C6H8O.ClH.H2O/c2*1-3-27(35,20-10-11-22(28)23(15-20)36-17-19-8-9-19)18-32-21(16-29-31-32)7-5-4-6-13-26(2)14-12-24(33)30-25(26)34;1-3-4-5-6-7-9-13(2)10-8-11(15)14-12(13)16;1-6(7)3-2-4(9)8-5(6)10;1-2-3-4-5-6-7;;/h10-11,15-16,19,29,31,35H,3-9,12-14,17-18H2,1-2H3,(H,30,33,34);10-11,15-16,19,35H,3-9,12-14,17-18H2,1-2H3,(H,30,33,34);1H,4-10H2,2H3,(H,14,15,16);2-3,7H2,1H3,(H,8,9,10);1,6H,3-5H2;1H;1H2/t2*26?,27-;;;;;/m11...../s1. The van der Waals surface area contributed by atoms with Crippen LogP contribution in [-0.2, 0) is 67.3 Å². The second-order valence-corrected chi connectivity index (χ2v) is 30.2. The van der Waals surface area contributed by atoms with Gasteiger partial charge in [-0.1, -0.05) is 90.5 Å². The number of aldehydes is 1. The number of terminal acetylenes is 2. The Bertz CT molecular complexity index is 3590. The average Bonchev–Trinajstić information content (AvgIpc) is 1.57. The topological polar surface area (TPSA) is 376 Å². The molecule has 107 heavy (non-hydrogen) atoms. The van der Waals surface area contributed by atoms with E-state index in [0.29, 0.717) is 113 Å². The van der Waals surface area contributed by atoms with E-state index in [1.54, 1.807) is 42.1 Å². The maximum absolute atomic E-state index is 14.3. The van der Waals surface area contributed by atoms with E-state index in [4.69, 9.17) is 28.1 Å². The lowest BCUT2D eigenvalue weighted by molar-refractivity contribution is -0.143. The third-order valence-electron chi connectivity index (χ3n) is 21.0. The summed E-state index contributed by atoms with van der Waals surface area (Å²) in [6.07, 6.45) is 39.3. The molecule has 3 aromatic rings. The number of halogens is 3. The van der Waals surface area contributed by atoms with Gasteiger partial charge in [-0.25, -0.2) is 13.5 Å². The lowest BCUT2D eigenvalue weighted by atomic mass is 9.77. The number of amides is 8. The number of nitrogens with zero attached hydrogens (tertiary/aromatic N) is 4. The quantitative estimate of drug-likeness (QED) is 0.0116. The van der Waals surface area contributed by atoms with Crippen LogP contribution >= 0.6 is 12.4 Å². The minimum Gasteiger partial charge on any atom is -0.490 e. The molecule has 4 saturated heterocycles. The number of nitrogens with one attached hydrogen (secondary N) is 6. The van der Waals surface area contributed by atoms with Gasteiger partial charge in [-0.15, -0.1) is 47.7 Å². The number of carbonyl (C=O) groups excluding carboxylic acids is 9. The number of benzene rings is 2. The summed E-state index contributed by atoms with van der Waals surface area (Å²) in [7, 11) is 0. The molecule has 0 bridgehead atoms. The molecule has 0 radical (unpaired) electrons. The Balaban J connectivity index is 0.000000316. The van der Waals surface area contributed by atoms with E-state index in [1.165, 1.54) is 12.1 Å². The van der Waals surface area contributed by atoms with Crippen molar-refractivity contribution in [1.82, 2.24) is 52.2 Å². The predicted molar refractivity (Wildman–Crippen MR) is 402 cm³/mol. The number of aromatic nitrogens is 3. The molecule has 592 valence electrons.